The van der Waals surface area contributed by atoms with Crippen LogP contribution in [0, 0.1) is 0 Å². The number of imidazole rings is 1. The summed E-state index contributed by atoms with van der Waals surface area (Å²) in [5.74, 6) is 1.23. The molecule has 3 rings (SSSR count). The molecule has 0 saturated heterocycles. The van der Waals surface area contributed by atoms with Gasteiger partial charge in [0.25, 0.3) is 0 Å². The van der Waals surface area contributed by atoms with E-state index in [-0.39, 0.29) is 12.5 Å². The monoisotopic (exact) mass is 382 g/mol. The van der Waals surface area contributed by atoms with E-state index in [1.807, 2.05) is 36.7 Å². The molecule has 0 aliphatic carbocycles. The number of aromatic amines is 1. The predicted molar refractivity (Wildman–Crippen MR) is 107 cm³/mol. The normalized spacial score (nSPS) is 10.8. The number of nitrogens with one attached hydrogen (secondary N) is 2. The highest BCUT2D eigenvalue weighted by molar-refractivity contribution is 5.75. The minimum atomic E-state index is -0.0453. The highest BCUT2D eigenvalue weighted by Gasteiger charge is 2.06. The fourth-order valence-electron chi connectivity index (χ4n) is 2.95. The second-order valence-corrected chi connectivity index (χ2v) is 6.64. The molecule has 0 bridgehead atoms. The van der Waals surface area contributed by atoms with Crippen molar-refractivity contribution in [1.29, 1.82) is 0 Å². The van der Waals surface area contributed by atoms with E-state index >= 15 is 0 Å². The molecule has 0 aliphatic heterocycles. The Labute approximate surface area is 164 Å². The van der Waals surface area contributed by atoms with Gasteiger partial charge < -0.3 is 20.8 Å². The van der Waals surface area contributed by atoms with E-state index < -0.39 is 0 Å². The Morgan fingerprint density at radius 1 is 1.18 bits per heavy atom. The molecule has 8 heteroatoms. The average molecular weight is 382 g/mol. The van der Waals surface area contributed by atoms with Crippen LogP contribution in [0.15, 0.2) is 42.9 Å². The number of rotatable bonds is 10. The molecule has 0 saturated carbocycles. The van der Waals surface area contributed by atoms with Crippen molar-refractivity contribution < 1.29 is 9.53 Å². The number of carbonyl (C=O) groups excluding carboxylic acids is 1. The van der Waals surface area contributed by atoms with E-state index in [4.69, 9.17) is 10.5 Å². The van der Waals surface area contributed by atoms with Gasteiger partial charge in [-0.25, -0.2) is 4.98 Å². The molecule has 0 fully saturated rings. The molecule has 0 unspecified atom stereocenters. The molecule has 0 radical (unpaired) electrons. The lowest BCUT2D eigenvalue weighted by molar-refractivity contribution is -0.121. The van der Waals surface area contributed by atoms with E-state index in [1.54, 1.807) is 18.0 Å². The van der Waals surface area contributed by atoms with Crippen LogP contribution < -0.4 is 15.8 Å². The van der Waals surface area contributed by atoms with Crippen LogP contribution in [0.1, 0.15) is 23.2 Å². The topological polar surface area (TPSA) is 111 Å². The van der Waals surface area contributed by atoms with Gasteiger partial charge in [0, 0.05) is 18.4 Å². The maximum atomic E-state index is 12.1. The maximum absolute atomic E-state index is 12.1. The third kappa shape index (κ3) is 5.87. The maximum Gasteiger partial charge on any atom is 0.241 e. The fourth-order valence-corrected chi connectivity index (χ4v) is 2.95. The third-order valence-corrected chi connectivity index (χ3v) is 4.45. The number of carbonyl (C=O) groups is 1. The van der Waals surface area contributed by atoms with Crippen LogP contribution in [0.3, 0.4) is 0 Å². The largest absolute Gasteiger partial charge is 0.497 e. The minimum absolute atomic E-state index is 0.0453. The van der Waals surface area contributed by atoms with Gasteiger partial charge in [0.05, 0.1) is 19.5 Å². The Bertz CT molecular complexity index is 884. The minimum Gasteiger partial charge on any atom is -0.497 e. The van der Waals surface area contributed by atoms with Gasteiger partial charge in [0.1, 0.15) is 12.3 Å². The first-order valence-electron chi connectivity index (χ1n) is 9.32. The number of anilines is 1. The number of benzene rings is 1. The molecule has 4 N–H and O–H groups in total. The number of aryl methyl sites for hydroxylation is 2. The molecule has 0 aliphatic rings. The average Bonchev–Trinajstić information content (AvgIpc) is 3.31. The van der Waals surface area contributed by atoms with Crippen molar-refractivity contribution >= 4 is 11.9 Å². The van der Waals surface area contributed by atoms with Gasteiger partial charge >= 0.3 is 0 Å². The number of aromatic nitrogens is 4. The van der Waals surface area contributed by atoms with Crippen LogP contribution in [-0.4, -0.2) is 39.3 Å². The number of nitrogen functional groups attached to an aromatic ring is 1. The van der Waals surface area contributed by atoms with Crippen LogP contribution in [0.4, 0.5) is 5.95 Å². The van der Waals surface area contributed by atoms with E-state index in [1.165, 1.54) is 0 Å². The molecule has 0 atom stereocenters. The van der Waals surface area contributed by atoms with Crippen molar-refractivity contribution in [2.24, 2.45) is 0 Å². The standard InChI is InChI=1S/C20H26N6O2/c1-28-18-7-5-15(6-8-18)9-10-22-19(27)14-26-13-16(11-24-26)3-2-4-17-12-23-20(21)25-17/h5-8,11-13H,2-4,9-10,14H2,1H3,(H,22,27)(H3,21,23,25). The molecule has 8 nitrogen and oxygen atoms in total. The highest BCUT2D eigenvalue weighted by Crippen LogP contribution is 2.11. The van der Waals surface area contributed by atoms with Crippen LogP contribution >= 0.6 is 0 Å². The predicted octanol–water partition coefficient (Wildman–Crippen LogP) is 1.73. The number of hydrogen-bond donors (Lipinski definition) is 3. The SMILES string of the molecule is COc1ccc(CCNC(=O)Cn2cc(CCCc3cnc(N)[nH]3)cn2)cc1. The number of amides is 1. The van der Waals surface area contributed by atoms with Crippen LogP contribution in [-0.2, 0) is 30.6 Å². The van der Waals surface area contributed by atoms with Gasteiger partial charge in [-0.05, 0) is 48.9 Å². The summed E-state index contributed by atoms with van der Waals surface area (Å²) in [5.41, 5.74) is 8.86. The van der Waals surface area contributed by atoms with Crippen molar-refractivity contribution in [2.75, 3.05) is 19.4 Å². The van der Waals surface area contributed by atoms with Gasteiger partial charge in [-0.2, -0.15) is 5.10 Å². The summed E-state index contributed by atoms with van der Waals surface area (Å²) in [6, 6.07) is 7.85. The van der Waals surface area contributed by atoms with E-state index in [9.17, 15) is 4.79 Å². The molecule has 148 valence electrons. The number of nitrogens with two attached hydrogens (primary N) is 1. The van der Waals surface area contributed by atoms with Gasteiger partial charge in [0.15, 0.2) is 5.95 Å². The zero-order valence-corrected chi connectivity index (χ0v) is 16.0. The van der Waals surface area contributed by atoms with Crippen LogP contribution in [0.25, 0.3) is 0 Å². The zero-order valence-electron chi connectivity index (χ0n) is 16.0. The summed E-state index contributed by atoms with van der Waals surface area (Å²) in [5, 5.41) is 7.20. The number of H-pyrrole nitrogens is 1. The Kier molecular flexibility index (Phi) is 6.67. The Morgan fingerprint density at radius 2 is 2.00 bits per heavy atom. The Hall–Kier alpha value is -3.29. The van der Waals surface area contributed by atoms with E-state index in [2.05, 4.69) is 20.4 Å². The third-order valence-electron chi connectivity index (χ3n) is 4.45. The second-order valence-electron chi connectivity index (χ2n) is 6.64. The van der Waals surface area contributed by atoms with Crippen molar-refractivity contribution in [3.63, 3.8) is 0 Å². The van der Waals surface area contributed by atoms with Crippen molar-refractivity contribution in [3.8, 4) is 5.75 Å². The fraction of sp³-hybridized carbons (Fsp3) is 0.350. The molecule has 2 heterocycles. The first-order valence-corrected chi connectivity index (χ1v) is 9.32. The molecule has 2 aromatic heterocycles. The van der Waals surface area contributed by atoms with Crippen molar-refractivity contribution in [1.82, 2.24) is 25.1 Å². The van der Waals surface area contributed by atoms with Gasteiger partial charge in [-0.1, -0.05) is 12.1 Å². The number of nitrogens with zero attached hydrogens (tertiary/aromatic N) is 3. The lowest BCUT2D eigenvalue weighted by Crippen LogP contribution is -2.29. The first-order chi connectivity index (χ1) is 13.6. The van der Waals surface area contributed by atoms with Gasteiger partial charge in [0.2, 0.25) is 5.91 Å². The summed E-state index contributed by atoms with van der Waals surface area (Å²) < 4.78 is 6.81. The Balaban J connectivity index is 1.35. The molecule has 3 aromatic rings. The van der Waals surface area contributed by atoms with Crippen molar-refractivity contribution in [3.05, 3.63) is 59.7 Å². The highest BCUT2D eigenvalue weighted by atomic mass is 16.5. The van der Waals surface area contributed by atoms with Gasteiger partial charge in [-0.15, -0.1) is 0 Å². The first kappa shape index (κ1) is 19.5. The van der Waals surface area contributed by atoms with E-state index in [0.29, 0.717) is 12.5 Å². The molecule has 28 heavy (non-hydrogen) atoms. The van der Waals surface area contributed by atoms with Crippen LogP contribution in [0.2, 0.25) is 0 Å². The quantitative estimate of drug-likeness (QED) is 0.494. The van der Waals surface area contributed by atoms with Crippen LogP contribution in [0.5, 0.6) is 5.75 Å². The summed E-state index contributed by atoms with van der Waals surface area (Å²) in [7, 11) is 1.64. The summed E-state index contributed by atoms with van der Waals surface area (Å²) in [6.45, 7) is 0.812. The summed E-state index contributed by atoms with van der Waals surface area (Å²) >= 11 is 0. The molecule has 1 amide bonds. The summed E-state index contributed by atoms with van der Waals surface area (Å²) in [6.07, 6.45) is 8.99. The Morgan fingerprint density at radius 3 is 2.71 bits per heavy atom. The molecular weight excluding hydrogens is 356 g/mol. The lowest BCUT2D eigenvalue weighted by Gasteiger charge is -2.06. The number of ether oxygens (including phenoxy) is 1. The molecular formula is C20H26N6O2. The lowest BCUT2D eigenvalue weighted by atomic mass is 10.1. The zero-order chi connectivity index (χ0) is 19.8. The molecule has 0 spiro atoms. The van der Waals surface area contributed by atoms with Crippen molar-refractivity contribution in [2.45, 2.75) is 32.2 Å². The number of hydrogen-bond acceptors (Lipinski definition) is 5. The smallest absolute Gasteiger partial charge is 0.241 e. The second kappa shape index (κ2) is 9.59. The molecule has 1 aromatic carbocycles. The van der Waals surface area contributed by atoms with Gasteiger partial charge in [-0.3, -0.25) is 9.48 Å². The number of methoxy groups -OCH3 is 1. The summed E-state index contributed by atoms with van der Waals surface area (Å²) in [4.78, 5) is 19.1. The van der Waals surface area contributed by atoms with E-state index in [0.717, 1.165) is 48.3 Å².